The van der Waals surface area contributed by atoms with Gasteiger partial charge < -0.3 is 10.8 Å². The molecule has 1 heterocycles. The Labute approximate surface area is 84.5 Å². The van der Waals surface area contributed by atoms with Gasteiger partial charge in [-0.05, 0) is 6.07 Å². The topological polar surface area (TPSA) is 59.1 Å². The summed E-state index contributed by atoms with van der Waals surface area (Å²) in [5.41, 5.74) is 5.47. The van der Waals surface area contributed by atoms with Crippen molar-refractivity contribution in [2.45, 2.75) is 18.9 Å². The minimum atomic E-state index is -2.74. The van der Waals surface area contributed by atoms with E-state index in [2.05, 4.69) is 4.98 Å². The van der Waals surface area contributed by atoms with Crippen LogP contribution < -0.4 is 5.73 Å². The number of pyridine rings is 1. The van der Waals surface area contributed by atoms with Crippen LogP contribution in [0.1, 0.15) is 23.4 Å². The number of nitrogens with zero attached hydrogens (tertiary/aromatic N) is 1. The van der Waals surface area contributed by atoms with Gasteiger partial charge in [0.25, 0.3) is 6.43 Å². The van der Waals surface area contributed by atoms with E-state index in [9.17, 15) is 8.78 Å². The maximum absolute atomic E-state index is 12.4. The smallest absolute Gasteiger partial charge is 0.280 e. The maximum Gasteiger partial charge on any atom is 0.280 e. The molecule has 0 bridgehead atoms. The van der Waals surface area contributed by atoms with Gasteiger partial charge in [0, 0.05) is 5.56 Å². The van der Waals surface area contributed by atoms with E-state index < -0.39 is 18.7 Å². The standard InChI is InChI=1S/C8H9ClF2N2O/c9-2-6-5(12)1-4(3-14)7(13-6)8(10)11/h1,8,14H,2-3,12H2. The van der Waals surface area contributed by atoms with Gasteiger partial charge in [-0.15, -0.1) is 11.6 Å². The van der Waals surface area contributed by atoms with E-state index in [1.54, 1.807) is 0 Å². The molecule has 0 aromatic carbocycles. The number of rotatable bonds is 3. The number of aliphatic hydroxyl groups is 1. The number of aromatic nitrogens is 1. The maximum atomic E-state index is 12.4. The second-order valence-electron chi connectivity index (χ2n) is 2.66. The molecular weight excluding hydrogens is 214 g/mol. The number of anilines is 1. The summed E-state index contributed by atoms with van der Waals surface area (Å²) in [6.07, 6.45) is -2.74. The molecule has 0 amide bonds. The molecule has 6 heteroatoms. The predicted molar refractivity (Wildman–Crippen MR) is 49.1 cm³/mol. The zero-order valence-corrected chi connectivity index (χ0v) is 7.93. The van der Waals surface area contributed by atoms with Gasteiger partial charge in [0.2, 0.25) is 0 Å². The molecule has 1 aromatic rings. The highest BCUT2D eigenvalue weighted by molar-refractivity contribution is 6.17. The van der Waals surface area contributed by atoms with E-state index >= 15 is 0 Å². The van der Waals surface area contributed by atoms with Gasteiger partial charge in [0.05, 0.1) is 23.9 Å². The van der Waals surface area contributed by atoms with Crippen molar-refractivity contribution in [1.29, 1.82) is 0 Å². The Hall–Kier alpha value is -0.940. The Morgan fingerprint density at radius 3 is 2.64 bits per heavy atom. The molecule has 0 saturated heterocycles. The minimum absolute atomic E-state index is 0.0305. The number of alkyl halides is 3. The van der Waals surface area contributed by atoms with Crippen molar-refractivity contribution >= 4 is 17.3 Å². The van der Waals surface area contributed by atoms with E-state index in [4.69, 9.17) is 22.4 Å². The van der Waals surface area contributed by atoms with Crippen LogP contribution in [0.4, 0.5) is 14.5 Å². The largest absolute Gasteiger partial charge is 0.397 e. The van der Waals surface area contributed by atoms with Crippen molar-refractivity contribution in [2.24, 2.45) is 0 Å². The summed E-state index contributed by atoms with van der Waals surface area (Å²) >= 11 is 5.45. The van der Waals surface area contributed by atoms with Crippen LogP contribution in [0, 0.1) is 0 Å². The highest BCUT2D eigenvalue weighted by Crippen LogP contribution is 2.25. The van der Waals surface area contributed by atoms with Crippen LogP contribution in [-0.4, -0.2) is 10.1 Å². The molecule has 0 spiro atoms. The number of nitrogens with two attached hydrogens (primary N) is 1. The number of hydrogen-bond donors (Lipinski definition) is 2. The van der Waals surface area contributed by atoms with Crippen LogP contribution in [0.3, 0.4) is 0 Å². The van der Waals surface area contributed by atoms with E-state index in [-0.39, 0.29) is 22.8 Å². The van der Waals surface area contributed by atoms with Crippen LogP contribution >= 0.6 is 11.6 Å². The molecule has 0 aliphatic rings. The van der Waals surface area contributed by atoms with E-state index in [1.807, 2.05) is 0 Å². The third-order valence-corrected chi connectivity index (χ3v) is 2.00. The molecule has 3 nitrogen and oxygen atoms in total. The SMILES string of the molecule is Nc1cc(CO)c(C(F)F)nc1CCl. The molecular formula is C8H9ClF2N2O. The van der Waals surface area contributed by atoms with E-state index in [1.165, 1.54) is 6.07 Å². The minimum Gasteiger partial charge on any atom is -0.397 e. The lowest BCUT2D eigenvalue weighted by Crippen LogP contribution is -2.05. The fourth-order valence-corrected chi connectivity index (χ4v) is 1.26. The molecule has 1 rings (SSSR count). The molecule has 0 unspecified atom stereocenters. The molecule has 0 radical (unpaired) electrons. The van der Waals surface area contributed by atoms with Gasteiger partial charge in [-0.25, -0.2) is 13.8 Å². The Balaban J connectivity index is 3.25. The molecule has 78 valence electrons. The van der Waals surface area contributed by atoms with E-state index in [0.717, 1.165) is 0 Å². The van der Waals surface area contributed by atoms with Crippen molar-refractivity contribution in [1.82, 2.24) is 4.98 Å². The monoisotopic (exact) mass is 222 g/mol. The van der Waals surface area contributed by atoms with Crippen molar-refractivity contribution in [2.75, 3.05) is 5.73 Å². The molecule has 14 heavy (non-hydrogen) atoms. The summed E-state index contributed by atoms with van der Waals surface area (Å²) in [6.45, 7) is -0.514. The van der Waals surface area contributed by atoms with Crippen molar-refractivity contribution in [3.05, 3.63) is 23.0 Å². The highest BCUT2D eigenvalue weighted by Gasteiger charge is 2.16. The molecule has 0 aliphatic heterocycles. The third-order valence-electron chi connectivity index (χ3n) is 1.75. The van der Waals surface area contributed by atoms with Gasteiger partial charge in [-0.2, -0.15) is 0 Å². The Morgan fingerprint density at radius 1 is 1.57 bits per heavy atom. The average Bonchev–Trinajstić information content (AvgIpc) is 2.16. The summed E-state index contributed by atoms with van der Waals surface area (Å²) in [5, 5.41) is 8.79. The number of hydrogen-bond acceptors (Lipinski definition) is 3. The average molecular weight is 223 g/mol. The second-order valence-corrected chi connectivity index (χ2v) is 2.93. The number of halogens is 3. The summed E-state index contributed by atoms with van der Waals surface area (Å²) in [4.78, 5) is 3.59. The predicted octanol–water partition coefficient (Wildman–Crippen LogP) is 1.83. The Bertz CT molecular complexity index is 333. The van der Waals surface area contributed by atoms with Crippen molar-refractivity contribution in [3.8, 4) is 0 Å². The molecule has 0 saturated carbocycles. The van der Waals surface area contributed by atoms with Crippen LogP contribution in [0.25, 0.3) is 0 Å². The molecule has 0 atom stereocenters. The normalized spacial score (nSPS) is 10.9. The summed E-state index contributed by atoms with van der Waals surface area (Å²) in [7, 11) is 0. The summed E-state index contributed by atoms with van der Waals surface area (Å²) < 4.78 is 24.8. The molecule has 3 N–H and O–H groups in total. The first-order valence-electron chi connectivity index (χ1n) is 3.83. The number of aliphatic hydroxyl groups excluding tert-OH is 1. The summed E-state index contributed by atoms with van der Waals surface area (Å²) in [5.74, 6) is -0.0305. The Morgan fingerprint density at radius 2 is 2.21 bits per heavy atom. The highest BCUT2D eigenvalue weighted by atomic mass is 35.5. The first-order valence-corrected chi connectivity index (χ1v) is 4.36. The van der Waals surface area contributed by atoms with Crippen LogP contribution in [0.5, 0.6) is 0 Å². The fourth-order valence-electron chi connectivity index (χ4n) is 1.05. The van der Waals surface area contributed by atoms with Crippen LogP contribution in [0.2, 0.25) is 0 Å². The van der Waals surface area contributed by atoms with E-state index in [0.29, 0.717) is 0 Å². The van der Waals surface area contributed by atoms with Crippen LogP contribution in [0.15, 0.2) is 6.07 Å². The zero-order chi connectivity index (χ0) is 10.7. The third kappa shape index (κ3) is 2.10. The van der Waals surface area contributed by atoms with Gasteiger partial charge in [0.15, 0.2) is 0 Å². The number of nitrogen functional groups attached to an aromatic ring is 1. The second kappa shape index (κ2) is 4.52. The lowest BCUT2D eigenvalue weighted by Gasteiger charge is -2.09. The Kier molecular flexibility index (Phi) is 3.60. The van der Waals surface area contributed by atoms with Crippen molar-refractivity contribution in [3.63, 3.8) is 0 Å². The van der Waals surface area contributed by atoms with Gasteiger partial charge >= 0.3 is 0 Å². The van der Waals surface area contributed by atoms with Gasteiger partial charge in [-0.3, -0.25) is 0 Å². The fraction of sp³-hybridized carbons (Fsp3) is 0.375. The lowest BCUT2D eigenvalue weighted by atomic mass is 10.1. The van der Waals surface area contributed by atoms with Gasteiger partial charge in [0.1, 0.15) is 5.69 Å². The lowest BCUT2D eigenvalue weighted by molar-refractivity contribution is 0.141. The molecule has 0 aliphatic carbocycles. The molecule has 1 aromatic heterocycles. The summed E-state index contributed by atoms with van der Waals surface area (Å²) in [6, 6.07) is 1.27. The van der Waals surface area contributed by atoms with Crippen LogP contribution in [-0.2, 0) is 12.5 Å². The van der Waals surface area contributed by atoms with Crippen molar-refractivity contribution < 1.29 is 13.9 Å². The first kappa shape index (κ1) is 11.1. The first-order chi connectivity index (χ1) is 6.60. The zero-order valence-electron chi connectivity index (χ0n) is 7.17. The quantitative estimate of drug-likeness (QED) is 0.768. The van der Waals surface area contributed by atoms with Gasteiger partial charge in [-0.1, -0.05) is 0 Å². The molecule has 0 fully saturated rings.